The fraction of sp³-hybridized carbons (Fsp3) is 0.455. The zero-order valence-electron chi connectivity index (χ0n) is 8.01. The van der Waals surface area contributed by atoms with Crippen LogP contribution in [-0.4, -0.2) is 10.7 Å². The van der Waals surface area contributed by atoms with Crippen molar-refractivity contribution in [1.29, 1.82) is 0 Å². The van der Waals surface area contributed by atoms with Gasteiger partial charge in [0, 0.05) is 6.42 Å². The molecule has 1 fully saturated rings. The molecule has 15 heavy (non-hydrogen) atoms. The number of alkyl halides is 3. The molecule has 82 valence electrons. The van der Waals surface area contributed by atoms with E-state index in [9.17, 15) is 18.3 Å². The van der Waals surface area contributed by atoms with Crippen LogP contribution in [0.2, 0.25) is 0 Å². The standard InChI is InChI=1S/C11H11F3O/c12-11(13,14)9-4-2-1-3-8(9)7-10(15)5-6-10/h1-4,15H,5-7H2. The second kappa shape index (κ2) is 3.23. The molecule has 1 N–H and O–H groups in total. The molecule has 0 spiro atoms. The summed E-state index contributed by atoms with van der Waals surface area (Å²) in [6.45, 7) is 0. The maximum atomic E-state index is 12.6. The number of hydrogen-bond donors (Lipinski definition) is 1. The first kappa shape index (κ1) is 10.5. The minimum absolute atomic E-state index is 0.0999. The summed E-state index contributed by atoms with van der Waals surface area (Å²) < 4.78 is 37.7. The average Bonchev–Trinajstić information content (AvgIpc) is 2.82. The SMILES string of the molecule is OC1(Cc2ccccc2C(F)(F)F)CC1. The molecule has 0 saturated heterocycles. The highest BCUT2D eigenvalue weighted by atomic mass is 19.4. The molecular weight excluding hydrogens is 205 g/mol. The highest BCUT2D eigenvalue weighted by Gasteiger charge is 2.42. The average molecular weight is 216 g/mol. The van der Waals surface area contributed by atoms with Gasteiger partial charge < -0.3 is 5.11 Å². The quantitative estimate of drug-likeness (QED) is 0.805. The Morgan fingerprint density at radius 1 is 1.20 bits per heavy atom. The summed E-state index contributed by atoms with van der Waals surface area (Å²) in [5, 5.41) is 9.61. The zero-order chi connectivity index (χ0) is 11.1. The van der Waals surface area contributed by atoms with E-state index in [0.29, 0.717) is 12.8 Å². The van der Waals surface area contributed by atoms with E-state index in [1.165, 1.54) is 12.1 Å². The van der Waals surface area contributed by atoms with Crippen LogP contribution in [-0.2, 0) is 12.6 Å². The molecular formula is C11H11F3O. The van der Waals surface area contributed by atoms with E-state index >= 15 is 0 Å². The summed E-state index contributed by atoms with van der Waals surface area (Å²) in [4.78, 5) is 0. The first-order valence-corrected chi connectivity index (χ1v) is 4.78. The summed E-state index contributed by atoms with van der Waals surface area (Å²) in [5.41, 5.74) is -1.34. The van der Waals surface area contributed by atoms with Gasteiger partial charge in [-0.05, 0) is 24.5 Å². The van der Waals surface area contributed by atoms with E-state index in [-0.39, 0.29) is 12.0 Å². The first-order chi connectivity index (χ1) is 6.91. The maximum absolute atomic E-state index is 12.6. The second-order valence-electron chi connectivity index (χ2n) is 4.06. The second-order valence-corrected chi connectivity index (χ2v) is 4.06. The molecule has 2 rings (SSSR count). The maximum Gasteiger partial charge on any atom is 0.416 e. The van der Waals surface area contributed by atoms with E-state index in [4.69, 9.17) is 0 Å². The van der Waals surface area contributed by atoms with Crippen molar-refractivity contribution in [2.75, 3.05) is 0 Å². The predicted octanol–water partition coefficient (Wildman–Crippen LogP) is 2.77. The van der Waals surface area contributed by atoms with Crippen molar-refractivity contribution in [3.05, 3.63) is 35.4 Å². The summed E-state index contributed by atoms with van der Waals surface area (Å²) in [6, 6.07) is 5.42. The molecule has 0 atom stereocenters. The van der Waals surface area contributed by atoms with Crippen molar-refractivity contribution < 1.29 is 18.3 Å². The molecule has 0 heterocycles. The van der Waals surface area contributed by atoms with Crippen LogP contribution in [0.5, 0.6) is 0 Å². The zero-order valence-corrected chi connectivity index (χ0v) is 8.01. The number of aliphatic hydroxyl groups is 1. The van der Waals surface area contributed by atoms with Gasteiger partial charge in [-0.1, -0.05) is 18.2 Å². The Labute approximate surface area is 85.5 Å². The number of rotatable bonds is 2. The van der Waals surface area contributed by atoms with Gasteiger partial charge in [0.25, 0.3) is 0 Å². The van der Waals surface area contributed by atoms with Gasteiger partial charge in [0.2, 0.25) is 0 Å². The lowest BCUT2D eigenvalue weighted by atomic mass is 10.0. The van der Waals surface area contributed by atoms with Crippen molar-refractivity contribution in [2.24, 2.45) is 0 Å². The molecule has 1 aliphatic carbocycles. The Morgan fingerprint density at radius 3 is 2.33 bits per heavy atom. The molecule has 1 aromatic carbocycles. The summed E-state index contributed by atoms with van der Waals surface area (Å²) in [7, 11) is 0. The van der Waals surface area contributed by atoms with E-state index in [1.54, 1.807) is 6.07 Å². The third-order valence-electron chi connectivity index (χ3n) is 2.67. The Morgan fingerprint density at radius 2 is 1.80 bits per heavy atom. The topological polar surface area (TPSA) is 20.2 Å². The van der Waals surface area contributed by atoms with Crippen molar-refractivity contribution in [3.63, 3.8) is 0 Å². The molecule has 1 saturated carbocycles. The summed E-state index contributed by atoms with van der Waals surface area (Å²) in [6.07, 6.45) is -3.04. The third-order valence-corrected chi connectivity index (χ3v) is 2.67. The van der Waals surface area contributed by atoms with Crippen molar-refractivity contribution in [3.8, 4) is 0 Å². The molecule has 0 bridgehead atoms. The molecule has 1 nitrogen and oxygen atoms in total. The molecule has 0 aliphatic heterocycles. The lowest BCUT2D eigenvalue weighted by molar-refractivity contribution is -0.138. The smallest absolute Gasteiger partial charge is 0.390 e. The Hall–Kier alpha value is -1.03. The fourth-order valence-corrected chi connectivity index (χ4v) is 1.63. The van der Waals surface area contributed by atoms with Gasteiger partial charge in [0.15, 0.2) is 0 Å². The van der Waals surface area contributed by atoms with E-state index < -0.39 is 17.3 Å². The van der Waals surface area contributed by atoms with Crippen molar-refractivity contribution >= 4 is 0 Å². The molecule has 0 amide bonds. The summed E-state index contributed by atoms with van der Waals surface area (Å²) in [5.74, 6) is 0. The monoisotopic (exact) mass is 216 g/mol. The van der Waals surface area contributed by atoms with Gasteiger partial charge in [-0.25, -0.2) is 0 Å². The third kappa shape index (κ3) is 2.31. The minimum Gasteiger partial charge on any atom is -0.390 e. The fourth-order valence-electron chi connectivity index (χ4n) is 1.63. The van der Waals surface area contributed by atoms with Crippen molar-refractivity contribution in [1.82, 2.24) is 0 Å². The van der Waals surface area contributed by atoms with Gasteiger partial charge in [0.05, 0.1) is 11.2 Å². The largest absolute Gasteiger partial charge is 0.416 e. The van der Waals surface area contributed by atoms with Crippen LogP contribution < -0.4 is 0 Å². The Balaban J connectivity index is 2.30. The molecule has 0 unspecified atom stereocenters. The highest BCUT2D eigenvalue weighted by Crippen LogP contribution is 2.41. The van der Waals surface area contributed by atoms with Gasteiger partial charge >= 0.3 is 6.18 Å². The molecule has 1 aliphatic rings. The van der Waals surface area contributed by atoms with Gasteiger partial charge in [-0.3, -0.25) is 0 Å². The molecule has 0 radical (unpaired) electrons. The number of benzene rings is 1. The van der Waals surface area contributed by atoms with Crippen LogP contribution >= 0.6 is 0 Å². The van der Waals surface area contributed by atoms with Crippen LogP contribution in [0.4, 0.5) is 13.2 Å². The van der Waals surface area contributed by atoms with E-state index in [2.05, 4.69) is 0 Å². The minimum atomic E-state index is -4.33. The number of hydrogen-bond acceptors (Lipinski definition) is 1. The lowest BCUT2D eigenvalue weighted by Crippen LogP contribution is -2.16. The molecule has 4 heteroatoms. The van der Waals surface area contributed by atoms with Gasteiger partial charge in [0.1, 0.15) is 0 Å². The summed E-state index contributed by atoms with van der Waals surface area (Å²) >= 11 is 0. The van der Waals surface area contributed by atoms with Crippen LogP contribution in [0, 0.1) is 0 Å². The molecule has 0 aromatic heterocycles. The first-order valence-electron chi connectivity index (χ1n) is 4.78. The van der Waals surface area contributed by atoms with Crippen LogP contribution in [0.1, 0.15) is 24.0 Å². The normalized spacial score (nSPS) is 18.9. The van der Waals surface area contributed by atoms with Gasteiger partial charge in [-0.15, -0.1) is 0 Å². The highest BCUT2D eigenvalue weighted by molar-refractivity contribution is 5.31. The van der Waals surface area contributed by atoms with Crippen LogP contribution in [0.15, 0.2) is 24.3 Å². The Kier molecular flexibility index (Phi) is 2.26. The van der Waals surface area contributed by atoms with Crippen LogP contribution in [0.3, 0.4) is 0 Å². The Bertz CT molecular complexity index is 366. The van der Waals surface area contributed by atoms with Gasteiger partial charge in [-0.2, -0.15) is 13.2 Å². The predicted molar refractivity (Wildman–Crippen MR) is 49.3 cm³/mol. The van der Waals surface area contributed by atoms with E-state index in [1.807, 2.05) is 0 Å². The lowest BCUT2D eigenvalue weighted by Gasteiger charge is -2.14. The van der Waals surface area contributed by atoms with Crippen LogP contribution in [0.25, 0.3) is 0 Å². The van der Waals surface area contributed by atoms with E-state index in [0.717, 1.165) is 6.07 Å². The number of halogens is 3. The van der Waals surface area contributed by atoms with Crippen molar-refractivity contribution in [2.45, 2.75) is 31.0 Å². The molecule has 1 aromatic rings.